The van der Waals surface area contributed by atoms with Crippen molar-refractivity contribution in [2.24, 2.45) is 0 Å². The third kappa shape index (κ3) is 3.00. The molecule has 0 spiro atoms. The lowest BCUT2D eigenvalue weighted by atomic mass is 9.83. The molecule has 0 N–H and O–H groups in total. The van der Waals surface area contributed by atoms with Crippen molar-refractivity contribution in [3.05, 3.63) is 34.9 Å². The minimum atomic E-state index is -0.513. The first kappa shape index (κ1) is 14.6. The lowest BCUT2D eigenvalue weighted by Gasteiger charge is -2.22. The fraction of sp³-hybridized carbons (Fsp3) is 0.500. The molecule has 108 valence electrons. The molecule has 1 aromatic carbocycles. The van der Waals surface area contributed by atoms with Gasteiger partial charge in [0, 0.05) is 0 Å². The van der Waals surface area contributed by atoms with E-state index in [1.807, 2.05) is 6.07 Å². The average molecular weight is 276 g/mol. The van der Waals surface area contributed by atoms with Crippen LogP contribution in [0.3, 0.4) is 0 Å². The van der Waals surface area contributed by atoms with E-state index in [1.54, 1.807) is 12.1 Å². The van der Waals surface area contributed by atoms with Crippen LogP contribution >= 0.6 is 0 Å². The van der Waals surface area contributed by atoms with E-state index in [2.05, 4.69) is 0 Å². The highest BCUT2D eigenvalue weighted by atomic mass is 16.5. The Balaban J connectivity index is 2.37. The summed E-state index contributed by atoms with van der Waals surface area (Å²) in [5.74, 6) is -0.539. The summed E-state index contributed by atoms with van der Waals surface area (Å²) >= 11 is 0. The van der Waals surface area contributed by atoms with Gasteiger partial charge in [-0.1, -0.05) is 25.3 Å². The molecule has 0 aromatic heterocycles. The molecule has 0 amide bonds. The number of rotatable bonds is 3. The molecular weight excluding hydrogens is 256 g/mol. The maximum absolute atomic E-state index is 11.9. The van der Waals surface area contributed by atoms with Crippen LogP contribution in [-0.4, -0.2) is 26.2 Å². The first-order valence-electron chi connectivity index (χ1n) is 6.98. The smallest absolute Gasteiger partial charge is 0.338 e. The van der Waals surface area contributed by atoms with Crippen molar-refractivity contribution in [3.8, 4) is 0 Å². The molecule has 0 saturated heterocycles. The highest BCUT2D eigenvalue weighted by molar-refractivity contribution is 6.03. The van der Waals surface area contributed by atoms with Crippen LogP contribution in [0.5, 0.6) is 0 Å². The third-order valence-corrected chi connectivity index (χ3v) is 3.93. The maximum Gasteiger partial charge on any atom is 0.338 e. The van der Waals surface area contributed by atoms with Crippen LogP contribution in [0.15, 0.2) is 18.2 Å². The molecule has 1 aromatic rings. The molecule has 4 nitrogen and oxygen atoms in total. The third-order valence-electron chi connectivity index (χ3n) is 3.93. The van der Waals surface area contributed by atoms with Crippen molar-refractivity contribution >= 4 is 11.9 Å². The summed E-state index contributed by atoms with van der Waals surface area (Å²) in [6.07, 6.45) is 5.99. The number of methoxy groups -OCH3 is 2. The van der Waals surface area contributed by atoms with Crippen molar-refractivity contribution in [3.63, 3.8) is 0 Å². The normalized spacial score (nSPS) is 15.7. The predicted molar refractivity (Wildman–Crippen MR) is 74.9 cm³/mol. The fourth-order valence-corrected chi connectivity index (χ4v) is 2.82. The monoisotopic (exact) mass is 276 g/mol. The van der Waals surface area contributed by atoms with E-state index in [9.17, 15) is 9.59 Å². The van der Waals surface area contributed by atoms with Crippen LogP contribution in [0.2, 0.25) is 0 Å². The molecule has 0 unspecified atom stereocenters. The lowest BCUT2D eigenvalue weighted by Crippen LogP contribution is -2.13. The zero-order valence-corrected chi connectivity index (χ0v) is 12.0. The predicted octanol–water partition coefficient (Wildman–Crippen LogP) is 3.31. The Bertz CT molecular complexity index is 501. The summed E-state index contributed by atoms with van der Waals surface area (Å²) in [7, 11) is 2.62. The molecule has 1 aliphatic rings. The first-order chi connectivity index (χ1) is 9.67. The number of hydrogen-bond donors (Lipinski definition) is 0. The van der Waals surface area contributed by atoms with Crippen LogP contribution in [0.4, 0.5) is 0 Å². The zero-order valence-electron chi connectivity index (χ0n) is 12.0. The highest BCUT2D eigenvalue weighted by Gasteiger charge is 2.22. The van der Waals surface area contributed by atoms with Crippen molar-refractivity contribution < 1.29 is 19.1 Å². The Kier molecular flexibility index (Phi) is 4.77. The number of esters is 2. The molecule has 0 atom stereocenters. The molecular formula is C16H20O4. The SMILES string of the molecule is COC(=O)c1ccc(C2CCCCC2)cc1C(=O)OC. The van der Waals surface area contributed by atoms with E-state index >= 15 is 0 Å². The van der Waals surface area contributed by atoms with Gasteiger partial charge in [0.05, 0.1) is 25.3 Å². The lowest BCUT2D eigenvalue weighted by molar-refractivity contribution is 0.0555. The summed E-state index contributed by atoms with van der Waals surface area (Å²) in [6, 6.07) is 5.38. The topological polar surface area (TPSA) is 52.6 Å². The number of hydrogen-bond acceptors (Lipinski definition) is 4. The van der Waals surface area contributed by atoms with Crippen LogP contribution < -0.4 is 0 Å². The second kappa shape index (κ2) is 6.55. The van der Waals surface area contributed by atoms with Crippen LogP contribution in [-0.2, 0) is 9.47 Å². The first-order valence-corrected chi connectivity index (χ1v) is 6.98. The van der Waals surface area contributed by atoms with Gasteiger partial charge in [0.2, 0.25) is 0 Å². The van der Waals surface area contributed by atoms with Gasteiger partial charge < -0.3 is 9.47 Å². The molecule has 4 heteroatoms. The average Bonchev–Trinajstić information content (AvgIpc) is 2.53. The van der Waals surface area contributed by atoms with E-state index in [0.717, 1.165) is 18.4 Å². The van der Waals surface area contributed by atoms with E-state index in [4.69, 9.17) is 9.47 Å². The van der Waals surface area contributed by atoms with Gasteiger partial charge in [0.1, 0.15) is 0 Å². The van der Waals surface area contributed by atoms with Crippen LogP contribution in [0.25, 0.3) is 0 Å². The maximum atomic E-state index is 11.9. The Hall–Kier alpha value is -1.84. The summed E-state index contributed by atoms with van der Waals surface area (Å²) in [6.45, 7) is 0. The van der Waals surface area contributed by atoms with E-state index in [0.29, 0.717) is 11.5 Å². The largest absolute Gasteiger partial charge is 0.465 e. The molecule has 0 radical (unpaired) electrons. The van der Waals surface area contributed by atoms with Crippen molar-refractivity contribution in [1.82, 2.24) is 0 Å². The molecule has 1 fully saturated rings. The van der Waals surface area contributed by atoms with Gasteiger partial charge in [-0.2, -0.15) is 0 Å². The van der Waals surface area contributed by atoms with Gasteiger partial charge in [-0.05, 0) is 36.5 Å². The van der Waals surface area contributed by atoms with Gasteiger partial charge >= 0.3 is 11.9 Å². The second-order valence-corrected chi connectivity index (χ2v) is 5.12. The molecule has 0 bridgehead atoms. The zero-order chi connectivity index (χ0) is 14.5. The molecule has 20 heavy (non-hydrogen) atoms. The van der Waals surface area contributed by atoms with E-state index in [-0.39, 0.29) is 5.56 Å². The van der Waals surface area contributed by atoms with Crippen molar-refractivity contribution in [2.45, 2.75) is 38.0 Å². The van der Waals surface area contributed by atoms with Gasteiger partial charge in [0.15, 0.2) is 0 Å². The van der Waals surface area contributed by atoms with Gasteiger partial charge in [-0.15, -0.1) is 0 Å². The Morgan fingerprint density at radius 3 is 2.15 bits per heavy atom. The number of benzene rings is 1. The quantitative estimate of drug-likeness (QED) is 0.795. The Morgan fingerprint density at radius 2 is 1.55 bits per heavy atom. The summed E-state index contributed by atoms with van der Waals surface area (Å²) < 4.78 is 9.48. The minimum Gasteiger partial charge on any atom is -0.465 e. The summed E-state index contributed by atoms with van der Waals surface area (Å²) in [5, 5.41) is 0. The van der Waals surface area contributed by atoms with Gasteiger partial charge in [-0.3, -0.25) is 0 Å². The van der Waals surface area contributed by atoms with Crippen molar-refractivity contribution in [2.75, 3.05) is 14.2 Å². The molecule has 0 heterocycles. The molecule has 2 rings (SSSR count). The summed E-state index contributed by atoms with van der Waals surface area (Å²) in [4.78, 5) is 23.6. The Morgan fingerprint density at radius 1 is 0.950 bits per heavy atom. The number of carbonyl (C=O) groups excluding carboxylic acids is 2. The van der Waals surface area contributed by atoms with Gasteiger partial charge in [0.25, 0.3) is 0 Å². The van der Waals surface area contributed by atoms with E-state index in [1.165, 1.54) is 33.5 Å². The minimum absolute atomic E-state index is 0.263. The summed E-state index contributed by atoms with van der Waals surface area (Å²) in [5.41, 5.74) is 1.67. The van der Waals surface area contributed by atoms with Crippen molar-refractivity contribution in [1.29, 1.82) is 0 Å². The molecule has 0 aliphatic heterocycles. The second-order valence-electron chi connectivity index (χ2n) is 5.12. The van der Waals surface area contributed by atoms with E-state index < -0.39 is 11.9 Å². The standard InChI is InChI=1S/C16H20O4/c1-19-15(17)13-9-8-12(10-14(13)16(18)20-2)11-6-4-3-5-7-11/h8-11H,3-7H2,1-2H3. The Labute approximate surface area is 119 Å². The highest BCUT2D eigenvalue weighted by Crippen LogP contribution is 2.33. The van der Waals surface area contributed by atoms with Crippen LogP contribution in [0.1, 0.15) is 64.3 Å². The molecule has 1 aliphatic carbocycles. The molecule has 1 saturated carbocycles. The number of ether oxygens (including phenoxy) is 2. The fourth-order valence-electron chi connectivity index (χ4n) is 2.82. The number of carbonyl (C=O) groups is 2. The van der Waals surface area contributed by atoms with Crippen LogP contribution in [0, 0.1) is 0 Å². The van der Waals surface area contributed by atoms with Gasteiger partial charge in [-0.25, -0.2) is 9.59 Å².